The van der Waals surface area contributed by atoms with E-state index in [-0.39, 0.29) is 17.0 Å². The molecule has 43 heavy (non-hydrogen) atoms. The van der Waals surface area contributed by atoms with E-state index < -0.39 is 12.0 Å². The molecule has 8 nitrogen and oxygen atoms in total. The van der Waals surface area contributed by atoms with Crippen molar-refractivity contribution in [3.63, 3.8) is 0 Å². The van der Waals surface area contributed by atoms with Crippen molar-refractivity contribution in [2.45, 2.75) is 19.9 Å². The summed E-state index contributed by atoms with van der Waals surface area (Å²) < 4.78 is 7.93. The molecule has 1 atom stereocenters. The van der Waals surface area contributed by atoms with Gasteiger partial charge in [-0.05, 0) is 67.4 Å². The quantitative estimate of drug-likeness (QED) is 0.253. The zero-order valence-electron chi connectivity index (χ0n) is 23.0. The maximum absolute atomic E-state index is 13.9. The molecular formula is C33H24ClN3O5S. The molecule has 1 aliphatic heterocycles. The van der Waals surface area contributed by atoms with Crippen molar-refractivity contribution in [1.29, 1.82) is 0 Å². The van der Waals surface area contributed by atoms with Crippen LogP contribution in [-0.2, 0) is 4.79 Å². The van der Waals surface area contributed by atoms with Gasteiger partial charge in [0.25, 0.3) is 11.5 Å². The number of carbonyl (C=O) groups excluding carboxylic acids is 1. The molecule has 0 aliphatic carbocycles. The number of carboxylic acid groups (broad SMARTS) is 1. The number of nitrogens with zero attached hydrogens (tertiary/aromatic N) is 2. The topological polar surface area (TPSA) is 114 Å². The summed E-state index contributed by atoms with van der Waals surface area (Å²) in [7, 11) is 0. The second-order valence-electron chi connectivity index (χ2n) is 9.94. The van der Waals surface area contributed by atoms with Crippen LogP contribution in [0.4, 0.5) is 5.69 Å². The van der Waals surface area contributed by atoms with Crippen LogP contribution in [0.3, 0.4) is 0 Å². The van der Waals surface area contributed by atoms with Crippen molar-refractivity contribution in [2.24, 2.45) is 4.99 Å². The molecule has 5 aromatic rings. The second kappa shape index (κ2) is 11.4. The lowest BCUT2D eigenvalue weighted by atomic mass is 9.95. The number of halogens is 1. The van der Waals surface area contributed by atoms with E-state index in [1.807, 2.05) is 18.2 Å². The summed E-state index contributed by atoms with van der Waals surface area (Å²) in [4.78, 5) is 44.3. The number of para-hydroxylation sites is 1. The van der Waals surface area contributed by atoms with Gasteiger partial charge >= 0.3 is 5.97 Å². The van der Waals surface area contributed by atoms with E-state index in [1.165, 1.54) is 15.9 Å². The Labute approximate surface area is 254 Å². The number of amides is 1. The number of hydrogen-bond acceptors (Lipinski definition) is 6. The molecule has 0 saturated heterocycles. The number of benzene rings is 3. The average Bonchev–Trinajstić information content (AvgIpc) is 3.57. The predicted molar refractivity (Wildman–Crippen MR) is 166 cm³/mol. The van der Waals surface area contributed by atoms with Crippen molar-refractivity contribution in [3.8, 4) is 11.3 Å². The predicted octanol–water partition coefficient (Wildman–Crippen LogP) is 5.79. The molecule has 0 saturated carbocycles. The highest BCUT2D eigenvalue weighted by Crippen LogP contribution is 2.32. The van der Waals surface area contributed by atoms with Gasteiger partial charge in [0, 0.05) is 22.3 Å². The van der Waals surface area contributed by atoms with E-state index in [0.717, 1.165) is 0 Å². The minimum absolute atomic E-state index is 0.188. The van der Waals surface area contributed by atoms with Crippen LogP contribution in [0.25, 0.3) is 17.4 Å². The number of thiazole rings is 1. The first kappa shape index (κ1) is 28.1. The molecule has 1 aliphatic rings. The van der Waals surface area contributed by atoms with Gasteiger partial charge in [-0.15, -0.1) is 0 Å². The van der Waals surface area contributed by atoms with E-state index in [2.05, 4.69) is 10.3 Å². The standard InChI is InChI=1S/C33H24ClN3O5S/c1-18-24(9-6-10-25(18)32(40)41)26-16-15-23(42-26)17-27-31(39)37-29(20-11-13-21(34)14-12-20)28(19(2)35-33(37)43-27)30(38)36-22-7-4-3-5-8-22/h3-17,29H,1-2H3,(H,36,38)(H,40,41)/b27-17-/t29-/m1/s1. The Morgan fingerprint density at radius 3 is 2.47 bits per heavy atom. The Bertz CT molecular complexity index is 2110. The smallest absolute Gasteiger partial charge is 0.335 e. The molecule has 0 unspecified atom stereocenters. The maximum atomic E-state index is 13.9. The lowest BCUT2D eigenvalue weighted by molar-refractivity contribution is -0.113. The normalized spacial score (nSPS) is 14.8. The van der Waals surface area contributed by atoms with Gasteiger partial charge in [-0.25, -0.2) is 9.79 Å². The third-order valence-corrected chi connectivity index (χ3v) is 8.45. The van der Waals surface area contributed by atoms with E-state index in [4.69, 9.17) is 16.0 Å². The summed E-state index contributed by atoms with van der Waals surface area (Å²) in [5, 5.41) is 13.0. The van der Waals surface area contributed by atoms with Crippen LogP contribution in [0, 0.1) is 6.92 Å². The third kappa shape index (κ3) is 5.36. The fraction of sp³-hybridized carbons (Fsp3) is 0.0909. The minimum Gasteiger partial charge on any atom is -0.478 e. The molecule has 3 heterocycles. The van der Waals surface area contributed by atoms with Crippen molar-refractivity contribution in [3.05, 3.63) is 143 Å². The highest BCUT2D eigenvalue weighted by atomic mass is 35.5. The fourth-order valence-electron chi connectivity index (χ4n) is 5.13. The molecule has 3 aromatic carbocycles. The number of allylic oxidation sites excluding steroid dienone is 1. The highest BCUT2D eigenvalue weighted by Gasteiger charge is 2.32. The lowest BCUT2D eigenvalue weighted by Crippen LogP contribution is -2.40. The van der Waals surface area contributed by atoms with Crippen molar-refractivity contribution in [1.82, 2.24) is 4.57 Å². The second-order valence-corrected chi connectivity index (χ2v) is 11.4. The molecule has 6 rings (SSSR count). The fourth-order valence-corrected chi connectivity index (χ4v) is 6.28. The number of furan rings is 1. The van der Waals surface area contributed by atoms with Crippen LogP contribution >= 0.6 is 22.9 Å². The first-order valence-electron chi connectivity index (χ1n) is 13.3. The lowest BCUT2D eigenvalue weighted by Gasteiger charge is -2.25. The monoisotopic (exact) mass is 609 g/mol. The van der Waals surface area contributed by atoms with Gasteiger partial charge < -0.3 is 14.8 Å². The first-order valence-corrected chi connectivity index (χ1v) is 14.5. The molecule has 0 spiro atoms. The number of nitrogens with one attached hydrogen (secondary N) is 1. The zero-order valence-corrected chi connectivity index (χ0v) is 24.6. The number of rotatable bonds is 6. The van der Waals surface area contributed by atoms with Crippen molar-refractivity contribution in [2.75, 3.05) is 5.32 Å². The van der Waals surface area contributed by atoms with Gasteiger partial charge in [0.2, 0.25) is 0 Å². The summed E-state index contributed by atoms with van der Waals surface area (Å²) in [5.74, 6) is -0.485. The number of aromatic carboxylic acids is 1. The van der Waals surface area contributed by atoms with E-state index >= 15 is 0 Å². The average molecular weight is 610 g/mol. The van der Waals surface area contributed by atoms with Gasteiger partial charge in [0.15, 0.2) is 4.80 Å². The molecule has 214 valence electrons. The third-order valence-electron chi connectivity index (χ3n) is 7.21. The number of fused-ring (bicyclic) bond motifs is 1. The van der Waals surface area contributed by atoms with Gasteiger partial charge in [-0.1, -0.05) is 65.4 Å². The highest BCUT2D eigenvalue weighted by molar-refractivity contribution is 7.07. The molecular weight excluding hydrogens is 586 g/mol. The summed E-state index contributed by atoms with van der Waals surface area (Å²) >= 11 is 7.36. The number of carbonyl (C=O) groups is 2. The number of aromatic nitrogens is 1. The number of hydrogen-bond donors (Lipinski definition) is 2. The van der Waals surface area contributed by atoms with Crippen LogP contribution in [-0.4, -0.2) is 21.6 Å². The Morgan fingerprint density at radius 1 is 1.00 bits per heavy atom. The first-order chi connectivity index (χ1) is 20.7. The molecule has 1 amide bonds. The van der Waals surface area contributed by atoms with Crippen molar-refractivity contribution < 1.29 is 19.1 Å². The maximum Gasteiger partial charge on any atom is 0.335 e. The summed E-state index contributed by atoms with van der Waals surface area (Å²) in [6, 6.07) is 23.8. The van der Waals surface area contributed by atoms with Crippen LogP contribution < -0.4 is 20.2 Å². The molecule has 10 heteroatoms. The van der Waals surface area contributed by atoms with Gasteiger partial charge in [-0.3, -0.25) is 14.2 Å². The Morgan fingerprint density at radius 2 is 1.74 bits per heavy atom. The summed E-state index contributed by atoms with van der Waals surface area (Å²) in [5.41, 5.74) is 3.26. The Balaban J connectivity index is 1.44. The molecule has 0 bridgehead atoms. The van der Waals surface area contributed by atoms with Crippen LogP contribution in [0.1, 0.15) is 40.2 Å². The summed E-state index contributed by atoms with van der Waals surface area (Å²) in [6.07, 6.45) is 1.63. The van der Waals surface area contributed by atoms with Gasteiger partial charge in [-0.2, -0.15) is 0 Å². The molecule has 0 radical (unpaired) electrons. The van der Waals surface area contributed by atoms with E-state index in [1.54, 1.807) is 86.7 Å². The SMILES string of the molecule is CC1=C(C(=O)Nc2ccccc2)[C@@H](c2ccc(Cl)cc2)n2c(s/c(=C\c3ccc(-c4cccc(C(=O)O)c4C)o3)c2=O)=N1. The van der Waals surface area contributed by atoms with Crippen LogP contribution in [0.15, 0.2) is 110 Å². The Kier molecular flexibility index (Phi) is 7.43. The number of anilines is 1. The van der Waals surface area contributed by atoms with Gasteiger partial charge in [0.05, 0.1) is 27.4 Å². The van der Waals surface area contributed by atoms with Crippen LogP contribution in [0.5, 0.6) is 0 Å². The van der Waals surface area contributed by atoms with Crippen molar-refractivity contribution >= 4 is 46.6 Å². The summed E-state index contributed by atoms with van der Waals surface area (Å²) in [6.45, 7) is 3.48. The molecule has 0 fully saturated rings. The molecule has 2 N–H and O–H groups in total. The van der Waals surface area contributed by atoms with Gasteiger partial charge in [0.1, 0.15) is 11.5 Å². The largest absolute Gasteiger partial charge is 0.478 e. The number of carboxylic acids is 1. The zero-order chi connectivity index (χ0) is 30.2. The molecule has 2 aromatic heterocycles. The van der Waals surface area contributed by atoms with Crippen LogP contribution in [0.2, 0.25) is 5.02 Å². The minimum atomic E-state index is -1.02. The van der Waals surface area contributed by atoms with E-state index in [0.29, 0.717) is 59.5 Å². The Hall–Kier alpha value is -4.99. The van der Waals surface area contributed by atoms with E-state index in [9.17, 15) is 19.5 Å².